The Hall–Kier alpha value is -1.04. The predicted molar refractivity (Wildman–Crippen MR) is 66.8 cm³/mol. The van der Waals surface area contributed by atoms with Gasteiger partial charge in [-0.2, -0.15) is 13.2 Å². The highest BCUT2D eigenvalue weighted by Gasteiger charge is 2.38. The normalized spacial score (nSPS) is 15.6. The van der Waals surface area contributed by atoms with Crippen LogP contribution in [0.25, 0.3) is 0 Å². The van der Waals surface area contributed by atoms with E-state index < -0.39 is 12.0 Å². The number of hydrogen-bond donors (Lipinski definition) is 1. The molecule has 0 bridgehead atoms. The molecule has 19 heavy (non-hydrogen) atoms. The number of aromatic nitrogens is 2. The van der Waals surface area contributed by atoms with Crippen LogP contribution >= 0.6 is 0 Å². The van der Waals surface area contributed by atoms with Gasteiger partial charge < -0.3 is 9.88 Å². The minimum atomic E-state index is -4.36. The van der Waals surface area contributed by atoms with Gasteiger partial charge in [-0.25, -0.2) is 4.98 Å². The Kier molecular flexibility index (Phi) is 4.50. The molecule has 0 unspecified atom stereocenters. The van der Waals surface area contributed by atoms with Crippen LogP contribution in [0.5, 0.6) is 0 Å². The molecule has 1 aromatic rings. The fourth-order valence-corrected chi connectivity index (χ4v) is 2.52. The number of halogens is 3. The summed E-state index contributed by atoms with van der Waals surface area (Å²) < 4.78 is 40.4. The van der Waals surface area contributed by atoms with E-state index >= 15 is 0 Å². The first-order chi connectivity index (χ1) is 9.04. The fourth-order valence-electron chi connectivity index (χ4n) is 2.52. The molecule has 0 aromatic carbocycles. The number of hydrogen-bond acceptors (Lipinski definition) is 2. The zero-order chi connectivity index (χ0) is 13.9. The van der Waals surface area contributed by atoms with E-state index in [0.717, 1.165) is 37.9 Å². The molecule has 1 N–H and O–H groups in total. The largest absolute Gasteiger partial charge is 0.449 e. The van der Waals surface area contributed by atoms with Gasteiger partial charge >= 0.3 is 6.18 Å². The van der Waals surface area contributed by atoms with Crippen molar-refractivity contribution in [1.29, 1.82) is 0 Å². The zero-order valence-electron chi connectivity index (χ0n) is 11.2. The minimum absolute atomic E-state index is 0.428. The molecule has 3 nitrogen and oxygen atoms in total. The Bertz CT molecular complexity index is 424. The van der Waals surface area contributed by atoms with Gasteiger partial charge in [-0.05, 0) is 6.42 Å². The summed E-state index contributed by atoms with van der Waals surface area (Å²) in [6, 6.07) is 0. The Morgan fingerprint density at radius 1 is 1.26 bits per heavy atom. The van der Waals surface area contributed by atoms with E-state index in [1.54, 1.807) is 0 Å². The quantitative estimate of drug-likeness (QED) is 0.837. The van der Waals surface area contributed by atoms with E-state index in [2.05, 4.69) is 17.2 Å². The van der Waals surface area contributed by atoms with Gasteiger partial charge in [0.15, 0.2) is 0 Å². The van der Waals surface area contributed by atoms with Crippen molar-refractivity contribution in [3.05, 3.63) is 17.2 Å². The molecule has 0 radical (unpaired) electrons. The number of alkyl halides is 3. The summed E-state index contributed by atoms with van der Waals surface area (Å²) in [6.45, 7) is 3.69. The fraction of sp³-hybridized carbons (Fsp3) is 0.769. The first-order valence-corrected chi connectivity index (χ1v) is 6.90. The molecule has 0 atom stereocenters. The van der Waals surface area contributed by atoms with Crippen molar-refractivity contribution in [2.75, 3.05) is 6.54 Å². The molecule has 0 amide bonds. The van der Waals surface area contributed by atoms with Crippen molar-refractivity contribution >= 4 is 0 Å². The van der Waals surface area contributed by atoms with Crippen molar-refractivity contribution in [2.24, 2.45) is 0 Å². The van der Waals surface area contributed by atoms with E-state index in [4.69, 9.17) is 0 Å². The van der Waals surface area contributed by atoms with Crippen LogP contribution in [-0.2, 0) is 25.7 Å². The second-order valence-corrected chi connectivity index (χ2v) is 4.97. The summed E-state index contributed by atoms with van der Waals surface area (Å²) in [6.07, 6.45) is 0.179. The highest BCUT2D eigenvalue weighted by atomic mass is 19.4. The second kappa shape index (κ2) is 5.94. The van der Waals surface area contributed by atoms with E-state index in [1.165, 1.54) is 4.57 Å². The van der Waals surface area contributed by atoms with Crippen molar-refractivity contribution in [3.63, 3.8) is 0 Å². The summed E-state index contributed by atoms with van der Waals surface area (Å²) >= 11 is 0. The van der Waals surface area contributed by atoms with Gasteiger partial charge in [0.25, 0.3) is 0 Å². The maximum absolute atomic E-state index is 13.0. The third kappa shape index (κ3) is 3.29. The number of imidazole rings is 1. The standard InChI is InChI=1S/C13H20F3N3/c1-2-3-4-5-8-19-11-6-7-17-9-10(11)18-12(19)13(14,15)16/h17H,2-9H2,1H3. The Balaban J connectivity index is 2.20. The van der Waals surface area contributed by atoms with Crippen LogP contribution in [-0.4, -0.2) is 16.1 Å². The summed E-state index contributed by atoms with van der Waals surface area (Å²) in [5, 5.41) is 3.07. The van der Waals surface area contributed by atoms with Gasteiger partial charge in [-0.3, -0.25) is 0 Å². The lowest BCUT2D eigenvalue weighted by atomic mass is 10.1. The molecular formula is C13H20F3N3. The Labute approximate surface area is 111 Å². The number of rotatable bonds is 5. The monoisotopic (exact) mass is 275 g/mol. The third-order valence-electron chi connectivity index (χ3n) is 3.48. The maximum atomic E-state index is 13.0. The number of nitrogens with one attached hydrogen (secondary N) is 1. The lowest BCUT2D eigenvalue weighted by Gasteiger charge is -2.16. The molecule has 2 heterocycles. The molecule has 6 heteroatoms. The Morgan fingerprint density at radius 2 is 2.05 bits per heavy atom. The molecule has 2 rings (SSSR count). The Morgan fingerprint density at radius 3 is 2.74 bits per heavy atom. The molecule has 0 saturated heterocycles. The lowest BCUT2D eigenvalue weighted by molar-refractivity contribution is -0.147. The number of unbranched alkanes of at least 4 members (excludes halogenated alkanes) is 3. The van der Waals surface area contributed by atoms with Crippen LogP contribution in [0.3, 0.4) is 0 Å². The van der Waals surface area contributed by atoms with Gasteiger partial charge in [0.1, 0.15) is 0 Å². The van der Waals surface area contributed by atoms with Gasteiger partial charge in [0, 0.05) is 31.7 Å². The van der Waals surface area contributed by atoms with E-state index in [9.17, 15) is 13.2 Å². The van der Waals surface area contributed by atoms with Crippen molar-refractivity contribution in [1.82, 2.24) is 14.9 Å². The molecule has 0 fully saturated rings. The van der Waals surface area contributed by atoms with Crippen LogP contribution in [0.15, 0.2) is 0 Å². The van der Waals surface area contributed by atoms with Gasteiger partial charge in [0.05, 0.1) is 5.69 Å². The molecule has 1 aliphatic heterocycles. The first kappa shape index (κ1) is 14.4. The van der Waals surface area contributed by atoms with Crippen LogP contribution in [0.2, 0.25) is 0 Å². The summed E-state index contributed by atoms with van der Waals surface area (Å²) in [5.41, 5.74) is 1.33. The van der Waals surface area contributed by atoms with Gasteiger partial charge in [0.2, 0.25) is 5.82 Å². The third-order valence-corrected chi connectivity index (χ3v) is 3.48. The van der Waals surface area contributed by atoms with E-state index in [1.807, 2.05) is 0 Å². The highest BCUT2D eigenvalue weighted by molar-refractivity contribution is 5.21. The average Bonchev–Trinajstić information content (AvgIpc) is 2.74. The molecule has 0 saturated carbocycles. The van der Waals surface area contributed by atoms with Crippen LogP contribution in [0, 0.1) is 0 Å². The lowest BCUT2D eigenvalue weighted by Crippen LogP contribution is -2.25. The molecular weight excluding hydrogens is 255 g/mol. The molecule has 108 valence electrons. The smallest absolute Gasteiger partial charge is 0.324 e. The van der Waals surface area contributed by atoms with Crippen molar-refractivity contribution < 1.29 is 13.2 Å². The van der Waals surface area contributed by atoms with E-state index in [0.29, 0.717) is 25.2 Å². The molecule has 1 aromatic heterocycles. The van der Waals surface area contributed by atoms with Crippen LogP contribution in [0.4, 0.5) is 13.2 Å². The molecule has 0 aliphatic carbocycles. The first-order valence-electron chi connectivity index (χ1n) is 6.90. The summed E-state index contributed by atoms with van der Waals surface area (Å²) in [4.78, 5) is 3.80. The topological polar surface area (TPSA) is 29.9 Å². The summed E-state index contributed by atoms with van der Waals surface area (Å²) in [5.74, 6) is -0.724. The summed E-state index contributed by atoms with van der Waals surface area (Å²) in [7, 11) is 0. The van der Waals surface area contributed by atoms with Gasteiger partial charge in [-0.15, -0.1) is 0 Å². The van der Waals surface area contributed by atoms with Crippen LogP contribution in [0.1, 0.15) is 49.8 Å². The molecule has 1 aliphatic rings. The average molecular weight is 275 g/mol. The predicted octanol–water partition coefficient (Wildman–Crippen LogP) is 3.13. The minimum Gasteiger partial charge on any atom is -0.324 e. The molecule has 0 spiro atoms. The number of fused-ring (bicyclic) bond motifs is 1. The second-order valence-electron chi connectivity index (χ2n) is 4.97. The SMILES string of the molecule is CCCCCCn1c(C(F)(F)F)nc2c1CCNC2. The van der Waals surface area contributed by atoms with E-state index in [-0.39, 0.29) is 0 Å². The zero-order valence-corrected chi connectivity index (χ0v) is 11.2. The maximum Gasteiger partial charge on any atom is 0.449 e. The van der Waals surface area contributed by atoms with Gasteiger partial charge in [-0.1, -0.05) is 26.2 Å². The van der Waals surface area contributed by atoms with Crippen molar-refractivity contribution in [2.45, 2.75) is 58.3 Å². The van der Waals surface area contributed by atoms with Crippen molar-refractivity contribution in [3.8, 4) is 0 Å². The highest BCUT2D eigenvalue weighted by Crippen LogP contribution is 2.31. The van der Waals surface area contributed by atoms with Crippen LogP contribution < -0.4 is 5.32 Å². The number of nitrogens with zero attached hydrogens (tertiary/aromatic N) is 2.